The molecule has 1 saturated heterocycles. The maximum absolute atomic E-state index is 12.9. The van der Waals surface area contributed by atoms with E-state index in [1.807, 2.05) is 41.3 Å². The van der Waals surface area contributed by atoms with Gasteiger partial charge in [0.1, 0.15) is 0 Å². The van der Waals surface area contributed by atoms with E-state index in [0.717, 1.165) is 35.5 Å². The van der Waals surface area contributed by atoms with Gasteiger partial charge in [0.25, 0.3) is 5.22 Å². The molecule has 1 atom stereocenters. The number of para-hydroxylation sites is 1. The molecule has 0 aliphatic carbocycles. The highest BCUT2D eigenvalue weighted by Gasteiger charge is 2.27. The minimum absolute atomic E-state index is 0.0774. The van der Waals surface area contributed by atoms with E-state index in [1.54, 1.807) is 11.3 Å². The molecule has 168 valence electrons. The summed E-state index contributed by atoms with van der Waals surface area (Å²) >= 11 is 2.99. The predicted molar refractivity (Wildman–Crippen MR) is 125 cm³/mol. The van der Waals surface area contributed by atoms with Crippen LogP contribution in [0.15, 0.2) is 52.1 Å². The van der Waals surface area contributed by atoms with Crippen LogP contribution in [0.5, 0.6) is 11.5 Å². The molecule has 8 nitrogen and oxygen atoms in total. The first-order valence-corrected chi connectivity index (χ1v) is 12.5. The number of aromatic nitrogens is 3. The minimum Gasteiger partial charge on any atom is -0.454 e. The molecule has 2 aliphatic rings. The van der Waals surface area contributed by atoms with Gasteiger partial charge >= 0.3 is 0 Å². The number of fused-ring (bicyclic) bond motifs is 2. The molecule has 2 aromatic carbocycles. The average Bonchev–Trinajstić information content (AvgIpc) is 3.61. The summed E-state index contributed by atoms with van der Waals surface area (Å²) in [6.45, 7) is 1.68. The van der Waals surface area contributed by atoms with Crippen molar-refractivity contribution in [2.45, 2.75) is 24.0 Å². The van der Waals surface area contributed by atoms with E-state index in [-0.39, 0.29) is 24.4 Å². The molecule has 0 bridgehead atoms. The number of hydrogen-bond acceptors (Lipinski definition) is 9. The first kappa shape index (κ1) is 20.5. The van der Waals surface area contributed by atoms with Crippen LogP contribution in [-0.4, -0.2) is 51.6 Å². The highest BCUT2D eigenvalue weighted by atomic mass is 32.2. The third kappa shape index (κ3) is 4.16. The van der Waals surface area contributed by atoms with Crippen molar-refractivity contribution in [2.24, 2.45) is 0 Å². The van der Waals surface area contributed by atoms with E-state index in [2.05, 4.69) is 16.3 Å². The maximum Gasteiger partial charge on any atom is 0.277 e. The Bertz CT molecular complexity index is 1290. The van der Waals surface area contributed by atoms with Gasteiger partial charge in [-0.3, -0.25) is 4.79 Å². The second kappa shape index (κ2) is 8.68. The standard InChI is InChI=1S/C23H20N4O4S2/c28-20(27-9-3-4-15(11-27)22-24-16-5-1-2-6-19(16)33-22)12-32-23-26-25-21(31-23)14-7-8-17-18(10-14)30-13-29-17/h1-2,5-8,10,15H,3-4,9,11-13H2/t15-/m0/s1. The largest absolute Gasteiger partial charge is 0.454 e. The van der Waals surface area contributed by atoms with Crippen molar-refractivity contribution in [3.8, 4) is 23.0 Å². The highest BCUT2D eigenvalue weighted by molar-refractivity contribution is 7.99. The molecule has 0 spiro atoms. The molecule has 2 aliphatic heterocycles. The zero-order chi connectivity index (χ0) is 22.2. The number of rotatable bonds is 5. The predicted octanol–water partition coefficient (Wildman–Crippen LogP) is 4.57. The van der Waals surface area contributed by atoms with E-state index in [4.69, 9.17) is 18.9 Å². The quantitative estimate of drug-likeness (QED) is 0.384. The van der Waals surface area contributed by atoms with Crippen LogP contribution in [0.2, 0.25) is 0 Å². The van der Waals surface area contributed by atoms with Gasteiger partial charge in [0.15, 0.2) is 11.5 Å². The molecule has 0 unspecified atom stereocenters. The fraction of sp³-hybridized carbons (Fsp3) is 0.304. The zero-order valence-electron chi connectivity index (χ0n) is 17.6. The Morgan fingerprint density at radius 2 is 2.06 bits per heavy atom. The van der Waals surface area contributed by atoms with E-state index in [1.165, 1.54) is 16.5 Å². The number of carbonyl (C=O) groups excluding carboxylic acids is 1. The van der Waals surface area contributed by atoms with Crippen molar-refractivity contribution in [1.29, 1.82) is 0 Å². The maximum atomic E-state index is 12.9. The minimum atomic E-state index is 0.0774. The molecular weight excluding hydrogens is 460 g/mol. The fourth-order valence-electron chi connectivity index (χ4n) is 4.10. The number of carbonyl (C=O) groups is 1. The summed E-state index contributed by atoms with van der Waals surface area (Å²) in [5.41, 5.74) is 1.78. The number of thioether (sulfide) groups is 1. The van der Waals surface area contributed by atoms with E-state index in [0.29, 0.717) is 29.2 Å². The van der Waals surface area contributed by atoms with E-state index in [9.17, 15) is 4.79 Å². The number of likely N-dealkylation sites (tertiary alicyclic amines) is 1. The van der Waals surface area contributed by atoms with Gasteiger partial charge in [-0.1, -0.05) is 23.9 Å². The first-order valence-electron chi connectivity index (χ1n) is 10.7. The van der Waals surface area contributed by atoms with Crippen LogP contribution >= 0.6 is 23.1 Å². The van der Waals surface area contributed by atoms with Gasteiger partial charge in [-0.25, -0.2) is 4.98 Å². The third-order valence-corrected chi connectivity index (χ3v) is 7.78. The number of piperidine rings is 1. The molecular formula is C23H20N4O4S2. The Morgan fingerprint density at radius 3 is 3.00 bits per heavy atom. The Balaban J connectivity index is 1.08. The number of ether oxygens (including phenoxy) is 2. The number of benzene rings is 2. The van der Waals surface area contributed by atoms with Crippen LogP contribution in [0.3, 0.4) is 0 Å². The normalized spacial score (nSPS) is 17.6. The third-order valence-electron chi connectivity index (χ3n) is 5.78. The van der Waals surface area contributed by atoms with Crippen LogP contribution in [0.1, 0.15) is 23.8 Å². The lowest BCUT2D eigenvalue weighted by Gasteiger charge is -2.31. The van der Waals surface area contributed by atoms with E-state index < -0.39 is 0 Å². The average molecular weight is 481 g/mol. The number of nitrogens with zero attached hydrogens (tertiary/aromatic N) is 4. The van der Waals surface area contributed by atoms with Gasteiger partial charge in [0.2, 0.25) is 18.6 Å². The van der Waals surface area contributed by atoms with Crippen LogP contribution < -0.4 is 9.47 Å². The van der Waals surface area contributed by atoms with Gasteiger partial charge in [-0.05, 0) is 43.2 Å². The molecule has 0 radical (unpaired) electrons. The summed E-state index contributed by atoms with van der Waals surface area (Å²) < 4.78 is 17.7. The van der Waals surface area contributed by atoms with Gasteiger partial charge in [0, 0.05) is 24.6 Å². The van der Waals surface area contributed by atoms with Crippen LogP contribution in [-0.2, 0) is 4.79 Å². The Morgan fingerprint density at radius 1 is 1.15 bits per heavy atom. The number of hydrogen-bond donors (Lipinski definition) is 0. The Labute approximate surface area is 197 Å². The summed E-state index contributed by atoms with van der Waals surface area (Å²) in [5.74, 6) is 2.36. The monoisotopic (exact) mass is 480 g/mol. The second-order valence-corrected chi connectivity index (χ2v) is 9.92. The van der Waals surface area contributed by atoms with Gasteiger partial charge in [-0.2, -0.15) is 0 Å². The fourth-order valence-corrected chi connectivity index (χ4v) is 5.86. The lowest BCUT2D eigenvalue weighted by atomic mass is 9.99. The Hall–Kier alpha value is -3.11. The SMILES string of the molecule is O=C(CSc1nnc(-c2ccc3c(c2)OCO3)o1)N1CCC[C@H](c2nc3ccccc3s2)C1. The van der Waals surface area contributed by atoms with Crippen LogP contribution in [0, 0.1) is 0 Å². The van der Waals surface area contributed by atoms with Crippen molar-refractivity contribution in [2.75, 3.05) is 25.6 Å². The summed E-state index contributed by atoms with van der Waals surface area (Å²) in [7, 11) is 0. The van der Waals surface area contributed by atoms with Crippen molar-refractivity contribution in [3.05, 3.63) is 47.5 Å². The molecule has 0 N–H and O–H groups in total. The summed E-state index contributed by atoms with van der Waals surface area (Å²) in [5, 5.41) is 9.68. The lowest BCUT2D eigenvalue weighted by molar-refractivity contribution is -0.129. The van der Waals surface area contributed by atoms with Crippen molar-refractivity contribution in [3.63, 3.8) is 0 Å². The molecule has 6 rings (SSSR count). The lowest BCUT2D eigenvalue weighted by Crippen LogP contribution is -2.40. The highest BCUT2D eigenvalue weighted by Crippen LogP contribution is 2.36. The van der Waals surface area contributed by atoms with Crippen LogP contribution in [0.25, 0.3) is 21.7 Å². The number of amides is 1. The summed E-state index contributed by atoms with van der Waals surface area (Å²) in [4.78, 5) is 19.6. The van der Waals surface area contributed by atoms with E-state index >= 15 is 0 Å². The summed E-state index contributed by atoms with van der Waals surface area (Å²) in [6, 6.07) is 13.7. The molecule has 10 heteroatoms. The van der Waals surface area contributed by atoms with Gasteiger partial charge in [-0.15, -0.1) is 21.5 Å². The topological polar surface area (TPSA) is 90.6 Å². The summed E-state index contributed by atoms with van der Waals surface area (Å²) in [6.07, 6.45) is 2.03. The first-order chi connectivity index (χ1) is 16.2. The smallest absolute Gasteiger partial charge is 0.277 e. The zero-order valence-corrected chi connectivity index (χ0v) is 19.2. The molecule has 33 heavy (non-hydrogen) atoms. The van der Waals surface area contributed by atoms with Gasteiger partial charge in [0.05, 0.1) is 21.0 Å². The van der Waals surface area contributed by atoms with Crippen molar-refractivity contribution in [1.82, 2.24) is 20.1 Å². The van der Waals surface area contributed by atoms with Crippen molar-refractivity contribution >= 4 is 39.2 Å². The van der Waals surface area contributed by atoms with Crippen LogP contribution in [0.4, 0.5) is 0 Å². The molecule has 4 heterocycles. The Kier molecular flexibility index (Phi) is 5.39. The van der Waals surface area contributed by atoms with Crippen molar-refractivity contribution < 1.29 is 18.7 Å². The molecule has 1 amide bonds. The molecule has 2 aromatic heterocycles. The molecule has 4 aromatic rings. The molecule has 0 saturated carbocycles. The second-order valence-electron chi connectivity index (χ2n) is 7.93. The number of thiazole rings is 1. The van der Waals surface area contributed by atoms with Gasteiger partial charge < -0.3 is 18.8 Å². The molecule has 1 fully saturated rings.